The van der Waals surface area contributed by atoms with E-state index in [2.05, 4.69) is 106 Å². The number of hydroxylamine groups is 2. The Hall–Kier alpha value is -6.93. The summed E-state index contributed by atoms with van der Waals surface area (Å²) in [5.41, 5.74) is 14.1. The molecule has 3 amide bonds. The lowest BCUT2D eigenvalue weighted by Gasteiger charge is -2.29. The number of carbonyl (C=O) groups is 3. The fourth-order valence-corrected chi connectivity index (χ4v) is 8.61. The number of nitriles is 2. The molecule has 3 atom stereocenters. The van der Waals surface area contributed by atoms with Crippen LogP contribution in [0.1, 0.15) is 133 Å². The van der Waals surface area contributed by atoms with Gasteiger partial charge in [-0.25, -0.2) is 25.7 Å². The van der Waals surface area contributed by atoms with Gasteiger partial charge in [0.25, 0.3) is 11.8 Å². The van der Waals surface area contributed by atoms with E-state index in [0.717, 1.165) is 43.6 Å². The first-order valence-electron chi connectivity index (χ1n) is 25.5. The number of hydrogen-bond donors (Lipinski definition) is 7. The van der Waals surface area contributed by atoms with Crippen molar-refractivity contribution in [2.45, 2.75) is 127 Å². The van der Waals surface area contributed by atoms with Gasteiger partial charge in [-0.15, -0.1) is 12.4 Å². The third-order valence-electron chi connectivity index (χ3n) is 11.6. The van der Waals surface area contributed by atoms with E-state index in [9.17, 15) is 29.1 Å². The molecule has 1 unspecified atom stereocenters. The Morgan fingerprint density at radius 3 is 1.63 bits per heavy atom. The molecule has 0 saturated carbocycles. The van der Waals surface area contributed by atoms with Gasteiger partial charge in [0.1, 0.15) is 28.9 Å². The van der Waals surface area contributed by atoms with Crippen molar-refractivity contribution in [2.75, 3.05) is 99.6 Å². The summed E-state index contributed by atoms with van der Waals surface area (Å²) >= 11 is 0. The third-order valence-corrected chi connectivity index (χ3v) is 12.2. The van der Waals surface area contributed by atoms with Crippen molar-refractivity contribution in [1.82, 2.24) is 41.1 Å². The number of benzene rings is 2. The van der Waals surface area contributed by atoms with Gasteiger partial charge in [-0.2, -0.15) is 20.5 Å². The van der Waals surface area contributed by atoms with E-state index in [1.54, 1.807) is 35.2 Å². The number of carbonyl (C=O) groups excluding carboxylic acids is 3. The van der Waals surface area contributed by atoms with Crippen LogP contribution in [0.15, 0.2) is 41.6 Å². The molecule has 2 aromatic heterocycles. The summed E-state index contributed by atoms with van der Waals surface area (Å²) in [4.78, 5) is 68.8. The molecule has 448 valence electrons. The van der Waals surface area contributed by atoms with E-state index in [0.29, 0.717) is 71.1 Å². The maximum absolute atomic E-state index is 12.2. The third kappa shape index (κ3) is 22.5. The van der Waals surface area contributed by atoms with E-state index in [1.807, 2.05) is 64.6 Å². The molecule has 2 aliphatic heterocycles. The highest BCUT2D eigenvalue weighted by atomic mass is 35.5. The van der Waals surface area contributed by atoms with Gasteiger partial charge in [-0.05, 0) is 100 Å². The minimum absolute atomic E-state index is 0. The fraction of sp³-hybridized carbons (Fsp3) is 0.554. The molecule has 25 heteroatoms. The molecule has 8 N–H and O–H groups in total. The first-order valence-corrected chi connectivity index (χ1v) is 27.0. The number of nitrogens with zero attached hydrogens (tertiary/aromatic N) is 9. The van der Waals surface area contributed by atoms with Crippen LogP contribution in [0.4, 0.5) is 45.4 Å². The van der Waals surface area contributed by atoms with E-state index >= 15 is 0 Å². The minimum atomic E-state index is -1.46. The van der Waals surface area contributed by atoms with E-state index in [4.69, 9.17) is 20.3 Å². The number of hydrogen-bond acceptors (Lipinski definition) is 20. The number of rotatable bonds is 15. The van der Waals surface area contributed by atoms with Crippen molar-refractivity contribution < 1.29 is 33.0 Å². The van der Waals surface area contributed by atoms with Crippen LogP contribution < -0.4 is 47.8 Å². The summed E-state index contributed by atoms with van der Waals surface area (Å²) in [5, 5.41) is 33.2. The Morgan fingerprint density at radius 2 is 1.25 bits per heavy atom. The molecule has 0 spiro atoms. The average molecular weight is 1170 g/mol. The molecule has 0 radical (unpaired) electrons. The number of nitrogens with one attached hydrogen (secondary N) is 6. The van der Waals surface area contributed by atoms with Crippen molar-refractivity contribution in [3.63, 3.8) is 0 Å². The predicted octanol–water partition coefficient (Wildman–Crippen LogP) is 8.51. The van der Waals surface area contributed by atoms with Crippen LogP contribution in [0, 0.1) is 47.3 Å². The molecule has 6 rings (SSSR count). The van der Waals surface area contributed by atoms with Crippen LogP contribution in [0.2, 0.25) is 0 Å². The number of nitrogens with two attached hydrogens (primary N) is 1. The number of anilines is 7. The second kappa shape index (κ2) is 31.9. The summed E-state index contributed by atoms with van der Waals surface area (Å²) in [5.74, 6) is 1.24. The number of halogens is 1. The van der Waals surface area contributed by atoms with Gasteiger partial charge in [0, 0.05) is 87.7 Å². The normalized spacial score (nSPS) is 14.9. The Kier molecular flexibility index (Phi) is 28.4. The lowest BCUT2D eigenvalue weighted by atomic mass is 9.96. The topological polar surface area (TPSA) is 303 Å². The Bertz CT molecular complexity index is 2850. The average Bonchev–Trinajstić information content (AvgIpc) is 4.03. The molecular formula is C56H89ClN16O7S. The molecular weight excluding hydrogens is 1080 g/mol. The van der Waals surface area contributed by atoms with Crippen LogP contribution in [-0.2, 0) is 25.2 Å². The molecule has 0 bridgehead atoms. The van der Waals surface area contributed by atoms with E-state index in [-0.39, 0.29) is 78.7 Å². The highest BCUT2D eigenvalue weighted by Crippen LogP contribution is 2.33. The lowest BCUT2D eigenvalue weighted by molar-refractivity contribution is 0.0292. The molecule has 0 aliphatic carbocycles. The van der Waals surface area contributed by atoms with Gasteiger partial charge in [0.05, 0.1) is 25.0 Å². The molecule has 23 nitrogen and oxygen atoms in total. The van der Waals surface area contributed by atoms with Crippen molar-refractivity contribution in [2.24, 2.45) is 16.6 Å². The summed E-state index contributed by atoms with van der Waals surface area (Å²) in [6.07, 6.45) is 3.08. The summed E-state index contributed by atoms with van der Waals surface area (Å²) in [6.45, 7) is 26.4. The highest BCUT2D eigenvalue weighted by molar-refractivity contribution is 7.84. The number of aryl methyl sites for hydroxylation is 2. The number of amides is 3. The molecule has 2 saturated heterocycles. The largest absolute Gasteiger partial charge is 0.444 e. The highest BCUT2D eigenvalue weighted by Gasteiger charge is 2.29. The van der Waals surface area contributed by atoms with Crippen LogP contribution >= 0.6 is 12.4 Å². The number of ether oxygens (including phenoxy) is 1. The molecule has 81 heavy (non-hydrogen) atoms. The summed E-state index contributed by atoms with van der Waals surface area (Å²) in [7, 11) is 5.05. The minimum Gasteiger partial charge on any atom is -0.444 e. The standard InChI is InChI=1S/C24H34N8O2.C21H28N6O3S.C9H18N2O2.2CH4.ClH/c1-15-7-8-16(22(33)31-34-6)11-19(15)28-20-18(12-25)21(32(5)14-24(2,3)4)30-23(29-20)27-17-9-10-26-13-17;1-13-8-9-14(19(28)26-30-6)10-16(13)23-17-15(11-22)18(25-20(24-17)31(7)29)27(5)12-21(2,3)4;1-9(2,3)13-8(12)11-5-4-7(10)6-11;;;/h7-8,11,17,26H,9-10,13-14H2,1-6H3,(H,31,33)(H2,27,28,29,30);8-10H,12H2,1-7H3,(H,26,28)(H,23,24,25);7H,4-6,10H2,1-3H3;2*1H4;1H/t17-;;7-;;;/m1.1.../s1. The Labute approximate surface area is 489 Å². The van der Waals surface area contributed by atoms with E-state index in [1.165, 1.54) is 20.5 Å². The number of likely N-dealkylation sites (tertiary alicyclic amines) is 1. The summed E-state index contributed by atoms with van der Waals surface area (Å²) in [6, 6.07) is 15.1. The van der Waals surface area contributed by atoms with Crippen LogP contribution in [0.3, 0.4) is 0 Å². The quantitative estimate of drug-likeness (QED) is 0.0433. The SMILES string of the molecule is C.C.CC(C)(C)OC(=O)N1CC[C@@H](N)C1.CONC(=O)c1ccc(C)c(Nc2nc(N[C@@H]3CCNC3)nc(N(C)CC(C)(C)C)c2C#N)c1.CONC(=O)c1ccc(C)c(Nc2nc(S(C)=O)nc(N(C)CC(C)(C)C)c2C#N)c1.Cl. The molecule has 4 aromatic rings. The van der Waals surface area contributed by atoms with Gasteiger partial charge in [0.2, 0.25) is 11.1 Å². The van der Waals surface area contributed by atoms with Gasteiger partial charge >= 0.3 is 6.09 Å². The molecule has 2 fully saturated rings. The Morgan fingerprint density at radius 1 is 0.778 bits per heavy atom. The van der Waals surface area contributed by atoms with Gasteiger partial charge in [-0.3, -0.25) is 23.5 Å². The smallest absolute Gasteiger partial charge is 0.410 e. The van der Waals surface area contributed by atoms with Crippen LogP contribution in [-0.4, -0.2) is 138 Å². The van der Waals surface area contributed by atoms with Crippen LogP contribution in [0.5, 0.6) is 0 Å². The van der Waals surface area contributed by atoms with Gasteiger partial charge in [0.15, 0.2) is 23.3 Å². The van der Waals surface area contributed by atoms with Crippen molar-refractivity contribution in [1.29, 1.82) is 10.5 Å². The van der Waals surface area contributed by atoms with Crippen LogP contribution in [0.25, 0.3) is 0 Å². The van der Waals surface area contributed by atoms with Crippen molar-refractivity contribution in [3.8, 4) is 12.1 Å². The maximum Gasteiger partial charge on any atom is 0.410 e. The predicted molar refractivity (Wildman–Crippen MR) is 325 cm³/mol. The van der Waals surface area contributed by atoms with E-state index < -0.39 is 22.3 Å². The second-order valence-corrected chi connectivity index (χ2v) is 23.8. The van der Waals surface area contributed by atoms with Gasteiger partial charge < -0.3 is 46.4 Å². The molecule has 2 aromatic carbocycles. The number of aromatic nitrogens is 4. The zero-order chi connectivity index (χ0) is 58.3. The first-order chi connectivity index (χ1) is 36.5. The maximum atomic E-state index is 12.2. The molecule has 4 heterocycles. The molecule has 2 aliphatic rings. The monoisotopic (exact) mass is 1160 g/mol. The van der Waals surface area contributed by atoms with Crippen molar-refractivity contribution >= 4 is 81.7 Å². The van der Waals surface area contributed by atoms with Crippen molar-refractivity contribution in [3.05, 3.63) is 69.8 Å². The second-order valence-electron chi connectivity index (χ2n) is 22.5. The Balaban J connectivity index is 0.000000647. The fourth-order valence-electron chi connectivity index (χ4n) is 8.18. The zero-order valence-corrected chi connectivity index (χ0v) is 50.2. The lowest BCUT2D eigenvalue weighted by Crippen LogP contribution is -2.36. The summed E-state index contributed by atoms with van der Waals surface area (Å²) < 4.78 is 17.4. The van der Waals surface area contributed by atoms with Gasteiger partial charge in [-0.1, -0.05) is 68.5 Å². The zero-order valence-electron chi connectivity index (χ0n) is 48.6. The first kappa shape index (κ1) is 72.1.